The lowest BCUT2D eigenvalue weighted by atomic mass is 10.2. The van der Waals surface area contributed by atoms with E-state index in [0.717, 1.165) is 22.2 Å². The van der Waals surface area contributed by atoms with Crippen molar-refractivity contribution in [3.63, 3.8) is 0 Å². The van der Waals surface area contributed by atoms with Gasteiger partial charge in [0.15, 0.2) is 0 Å². The van der Waals surface area contributed by atoms with Gasteiger partial charge in [0.2, 0.25) is 5.88 Å². The molecule has 26 heavy (non-hydrogen) atoms. The third-order valence-electron chi connectivity index (χ3n) is 4.23. The molecule has 128 valence electrons. The van der Waals surface area contributed by atoms with Crippen LogP contribution in [0.25, 0.3) is 11.0 Å². The number of anilines is 2. The van der Waals surface area contributed by atoms with Gasteiger partial charge in [0.05, 0.1) is 0 Å². The maximum atomic E-state index is 9.96. The molecule has 0 atom stereocenters. The summed E-state index contributed by atoms with van der Waals surface area (Å²) in [5, 5.41) is 14.2. The quantitative estimate of drug-likeness (QED) is 0.451. The monoisotopic (exact) mass is 342 g/mol. The van der Waals surface area contributed by atoms with Gasteiger partial charge in [-0.3, -0.25) is 0 Å². The van der Waals surface area contributed by atoms with Crippen LogP contribution in [0.3, 0.4) is 0 Å². The van der Waals surface area contributed by atoms with Gasteiger partial charge in [-0.2, -0.15) is 0 Å². The molecule has 0 bridgehead atoms. The van der Waals surface area contributed by atoms with E-state index >= 15 is 0 Å². The summed E-state index contributed by atoms with van der Waals surface area (Å²) in [4.78, 5) is 4.61. The Morgan fingerprint density at radius 1 is 0.923 bits per heavy atom. The number of rotatable bonds is 4. The standard InChI is InChI=1S/C22H18N2O2/c1-15-8-2-5-11-18(15)24-22-21(17-10-4-7-13-20(17)26-22)23-14-16-9-3-6-12-19(16)25/h2-14,24-25H,1H3. The predicted molar refractivity (Wildman–Crippen MR) is 106 cm³/mol. The van der Waals surface area contributed by atoms with Crippen molar-refractivity contribution in [2.45, 2.75) is 6.92 Å². The predicted octanol–water partition coefficient (Wildman–Crippen LogP) is 5.94. The average molecular weight is 342 g/mol. The highest BCUT2D eigenvalue weighted by atomic mass is 16.4. The Labute approximate surface area is 151 Å². The van der Waals surface area contributed by atoms with Gasteiger partial charge in [0.1, 0.15) is 17.0 Å². The van der Waals surface area contributed by atoms with Crippen molar-refractivity contribution >= 4 is 34.4 Å². The van der Waals surface area contributed by atoms with Crippen LogP contribution >= 0.6 is 0 Å². The first-order valence-corrected chi connectivity index (χ1v) is 8.38. The van der Waals surface area contributed by atoms with Crippen molar-refractivity contribution in [2.24, 2.45) is 4.99 Å². The minimum atomic E-state index is 0.192. The van der Waals surface area contributed by atoms with Crippen LogP contribution in [0, 0.1) is 6.92 Å². The van der Waals surface area contributed by atoms with Gasteiger partial charge < -0.3 is 14.8 Å². The molecule has 0 spiro atoms. The summed E-state index contributed by atoms with van der Waals surface area (Å²) in [7, 11) is 0. The fourth-order valence-corrected chi connectivity index (χ4v) is 2.81. The summed E-state index contributed by atoms with van der Waals surface area (Å²) in [6.45, 7) is 2.04. The topological polar surface area (TPSA) is 57.8 Å². The van der Waals surface area contributed by atoms with Crippen molar-refractivity contribution in [3.05, 3.63) is 83.9 Å². The van der Waals surface area contributed by atoms with E-state index in [1.165, 1.54) is 0 Å². The summed E-state index contributed by atoms with van der Waals surface area (Å²) < 4.78 is 5.99. The first-order valence-electron chi connectivity index (χ1n) is 8.38. The normalized spacial score (nSPS) is 11.3. The average Bonchev–Trinajstić information content (AvgIpc) is 3.00. The van der Waals surface area contributed by atoms with E-state index in [1.807, 2.05) is 67.6 Å². The molecule has 0 radical (unpaired) electrons. The lowest BCUT2D eigenvalue weighted by molar-refractivity contribution is 0.474. The molecule has 0 saturated carbocycles. The van der Waals surface area contributed by atoms with E-state index in [4.69, 9.17) is 4.42 Å². The highest BCUT2D eigenvalue weighted by Gasteiger charge is 2.14. The molecule has 0 aliphatic heterocycles. The van der Waals surface area contributed by atoms with Crippen LogP contribution in [0.4, 0.5) is 17.3 Å². The highest BCUT2D eigenvalue weighted by Crippen LogP contribution is 2.39. The molecule has 3 aromatic carbocycles. The molecular weight excluding hydrogens is 324 g/mol. The molecule has 0 aliphatic rings. The first kappa shape index (κ1) is 16.0. The number of aromatic hydroxyl groups is 1. The summed E-state index contributed by atoms with van der Waals surface area (Å²) in [6.07, 6.45) is 1.65. The molecule has 4 rings (SSSR count). The molecule has 0 amide bonds. The molecule has 0 fully saturated rings. The van der Waals surface area contributed by atoms with Gasteiger partial charge in [-0.25, -0.2) is 4.99 Å². The SMILES string of the molecule is Cc1ccccc1Nc1oc2ccccc2c1N=Cc1ccccc1O. The lowest BCUT2D eigenvalue weighted by Crippen LogP contribution is -1.91. The largest absolute Gasteiger partial charge is 0.507 e. The molecule has 0 unspecified atom stereocenters. The van der Waals surface area contributed by atoms with Crippen molar-refractivity contribution < 1.29 is 9.52 Å². The number of para-hydroxylation sites is 3. The number of fused-ring (bicyclic) bond motifs is 1. The summed E-state index contributed by atoms with van der Waals surface area (Å²) in [5.74, 6) is 0.768. The van der Waals surface area contributed by atoms with Crippen LogP contribution in [0.5, 0.6) is 5.75 Å². The smallest absolute Gasteiger partial charge is 0.224 e. The molecule has 4 nitrogen and oxygen atoms in total. The third-order valence-corrected chi connectivity index (χ3v) is 4.23. The second-order valence-electron chi connectivity index (χ2n) is 6.03. The highest BCUT2D eigenvalue weighted by molar-refractivity contribution is 5.99. The molecule has 2 N–H and O–H groups in total. The summed E-state index contributed by atoms with van der Waals surface area (Å²) >= 11 is 0. The number of nitrogens with one attached hydrogen (secondary N) is 1. The molecule has 1 aromatic heterocycles. The third kappa shape index (κ3) is 3.05. The Kier molecular flexibility index (Phi) is 4.15. The number of hydrogen-bond acceptors (Lipinski definition) is 4. The summed E-state index contributed by atoms with van der Waals surface area (Å²) in [6, 6.07) is 22.9. The zero-order chi connectivity index (χ0) is 17.9. The van der Waals surface area contributed by atoms with Crippen LogP contribution in [0.2, 0.25) is 0 Å². The van der Waals surface area contributed by atoms with Gasteiger partial charge in [-0.15, -0.1) is 0 Å². The van der Waals surface area contributed by atoms with Gasteiger partial charge in [-0.05, 0) is 42.8 Å². The van der Waals surface area contributed by atoms with Crippen molar-refractivity contribution in [1.82, 2.24) is 0 Å². The number of nitrogens with zero attached hydrogens (tertiary/aromatic N) is 1. The van der Waals surface area contributed by atoms with Gasteiger partial charge in [-0.1, -0.05) is 42.5 Å². The van der Waals surface area contributed by atoms with E-state index in [0.29, 0.717) is 17.1 Å². The maximum Gasteiger partial charge on any atom is 0.224 e. The number of aliphatic imine (C=N–C) groups is 1. The molecule has 0 aliphatic carbocycles. The van der Waals surface area contributed by atoms with Crippen LogP contribution in [-0.2, 0) is 0 Å². The van der Waals surface area contributed by atoms with E-state index in [-0.39, 0.29) is 5.75 Å². The van der Waals surface area contributed by atoms with Crippen LogP contribution < -0.4 is 5.32 Å². The van der Waals surface area contributed by atoms with E-state index < -0.39 is 0 Å². The van der Waals surface area contributed by atoms with Crippen molar-refractivity contribution in [3.8, 4) is 5.75 Å². The van der Waals surface area contributed by atoms with Crippen LogP contribution in [-0.4, -0.2) is 11.3 Å². The first-order chi connectivity index (χ1) is 12.7. The second-order valence-corrected chi connectivity index (χ2v) is 6.03. The van der Waals surface area contributed by atoms with Crippen LogP contribution in [0.15, 0.2) is 82.2 Å². The molecule has 4 heteroatoms. The Hall–Kier alpha value is -3.53. The Balaban J connectivity index is 1.79. The number of benzene rings is 3. The maximum absolute atomic E-state index is 9.96. The molecule has 1 heterocycles. The van der Waals surface area contributed by atoms with E-state index in [2.05, 4.69) is 10.3 Å². The Morgan fingerprint density at radius 2 is 1.65 bits per heavy atom. The zero-order valence-electron chi connectivity index (χ0n) is 14.3. The molecule has 0 saturated heterocycles. The van der Waals surface area contributed by atoms with Gasteiger partial charge >= 0.3 is 0 Å². The van der Waals surface area contributed by atoms with Crippen molar-refractivity contribution in [1.29, 1.82) is 0 Å². The number of aryl methyl sites for hydroxylation is 1. The number of hydrogen-bond donors (Lipinski definition) is 2. The number of furan rings is 1. The van der Waals surface area contributed by atoms with Gasteiger partial charge in [0, 0.05) is 22.9 Å². The number of phenols is 1. The second kappa shape index (κ2) is 6.76. The minimum absolute atomic E-state index is 0.192. The van der Waals surface area contributed by atoms with Gasteiger partial charge in [0.25, 0.3) is 0 Å². The number of phenolic OH excluding ortho intramolecular Hbond substituents is 1. The molecular formula is C22H18N2O2. The van der Waals surface area contributed by atoms with E-state index in [1.54, 1.807) is 18.3 Å². The Bertz CT molecular complexity index is 1100. The lowest BCUT2D eigenvalue weighted by Gasteiger charge is -2.07. The van der Waals surface area contributed by atoms with Crippen LogP contribution in [0.1, 0.15) is 11.1 Å². The van der Waals surface area contributed by atoms with E-state index in [9.17, 15) is 5.11 Å². The fraction of sp³-hybridized carbons (Fsp3) is 0.0455. The van der Waals surface area contributed by atoms with Crippen molar-refractivity contribution in [2.75, 3.05) is 5.32 Å². The zero-order valence-corrected chi connectivity index (χ0v) is 14.3. The summed E-state index contributed by atoms with van der Waals surface area (Å²) in [5.41, 5.74) is 4.19. The Morgan fingerprint density at radius 3 is 2.50 bits per heavy atom. The minimum Gasteiger partial charge on any atom is -0.507 e. The fourth-order valence-electron chi connectivity index (χ4n) is 2.81. The molecule has 4 aromatic rings.